The standard InChI is InChI=1S/C5H10BIO/c6-4-2-1-3-5(7)8/h1-4,6H2. The Kier molecular flexibility index (Phi) is 5.92. The first-order valence-electron chi connectivity index (χ1n) is 2.95. The van der Waals surface area contributed by atoms with E-state index >= 15 is 0 Å². The van der Waals surface area contributed by atoms with Crippen molar-refractivity contribution in [3.05, 3.63) is 0 Å². The van der Waals surface area contributed by atoms with Gasteiger partial charge >= 0.3 is 0 Å². The van der Waals surface area contributed by atoms with Gasteiger partial charge in [-0.3, -0.25) is 4.79 Å². The molecule has 0 aromatic carbocycles. The number of rotatable bonds is 4. The van der Waals surface area contributed by atoms with Gasteiger partial charge in [-0.15, -0.1) is 0 Å². The van der Waals surface area contributed by atoms with Gasteiger partial charge in [-0.2, -0.15) is 0 Å². The molecule has 0 spiro atoms. The number of carbonyl (C=O) groups is 1. The highest BCUT2D eigenvalue weighted by atomic mass is 127. The fraction of sp³-hybridized carbons (Fsp3) is 0.800. The van der Waals surface area contributed by atoms with Gasteiger partial charge in [0.05, 0.1) is 0 Å². The molecule has 0 radical (unpaired) electrons. The predicted molar refractivity (Wildman–Crippen MR) is 46.2 cm³/mol. The Morgan fingerprint density at radius 1 is 1.50 bits per heavy atom. The zero-order chi connectivity index (χ0) is 6.41. The summed E-state index contributed by atoms with van der Waals surface area (Å²) in [5.41, 5.74) is 0. The van der Waals surface area contributed by atoms with E-state index in [9.17, 15) is 4.79 Å². The molecule has 3 heteroatoms. The van der Waals surface area contributed by atoms with Gasteiger partial charge in [-0.25, -0.2) is 0 Å². The van der Waals surface area contributed by atoms with Crippen LogP contribution in [0.25, 0.3) is 0 Å². The van der Waals surface area contributed by atoms with E-state index in [2.05, 4.69) is 7.85 Å². The van der Waals surface area contributed by atoms with Crippen LogP contribution >= 0.6 is 22.6 Å². The van der Waals surface area contributed by atoms with Crippen LogP contribution in [0.5, 0.6) is 0 Å². The van der Waals surface area contributed by atoms with Gasteiger partial charge in [-0.1, -0.05) is 12.7 Å². The molecule has 0 saturated carbocycles. The fourth-order valence-corrected chi connectivity index (χ4v) is 0.895. The molecule has 0 aromatic rings. The minimum absolute atomic E-state index is 0.288. The largest absolute Gasteiger partial charge is 0.288 e. The van der Waals surface area contributed by atoms with Crippen molar-refractivity contribution in [2.45, 2.75) is 25.6 Å². The van der Waals surface area contributed by atoms with Crippen molar-refractivity contribution in [2.75, 3.05) is 0 Å². The highest BCUT2D eigenvalue weighted by Crippen LogP contribution is 2.01. The number of hydrogen-bond acceptors (Lipinski definition) is 1. The number of carbonyl (C=O) groups excluding carboxylic acids is 1. The third-order valence-corrected chi connectivity index (χ3v) is 1.52. The summed E-state index contributed by atoms with van der Waals surface area (Å²) in [6.45, 7) is 0. The highest BCUT2D eigenvalue weighted by Gasteiger charge is 1.91. The zero-order valence-corrected chi connectivity index (χ0v) is 7.27. The molecule has 1 nitrogen and oxygen atoms in total. The lowest BCUT2D eigenvalue weighted by molar-refractivity contribution is -0.109. The number of hydrogen-bond donors (Lipinski definition) is 0. The van der Waals surface area contributed by atoms with Crippen LogP contribution < -0.4 is 0 Å². The lowest BCUT2D eigenvalue weighted by Crippen LogP contribution is -1.83. The van der Waals surface area contributed by atoms with Crippen LogP contribution in [0, 0.1) is 0 Å². The summed E-state index contributed by atoms with van der Waals surface area (Å²) in [4.78, 5) is 10.3. The molecular formula is C5H10BIO. The predicted octanol–water partition coefficient (Wildman–Crippen LogP) is 1.17. The Labute approximate surface area is 64.8 Å². The van der Waals surface area contributed by atoms with Gasteiger partial charge in [0.1, 0.15) is 7.85 Å². The second kappa shape index (κ2) is 5.60. The Morgan fingerprint density at radius 3 is 2.50 bits per heavy atom. The minimum Gasteiger partial charge on any atom is -0.288 e. The highest BCUT2D eigenvalue weighted by molar-refractivity contribution is 14.1. The second-order valence-corrected chi connectivity index (χ2v) is 3.02. The van der Waals surface area contributed by atoms with Crippen molar-refractivity contribution in [2.24, 2.45) is 0 Å². The van der Waals surface area contributed by atoms with Gasteiger partial charge in [-0.05, 0) is 29.0 Å². The average molecular weight is 224 g/mol. The van der Waals surface area contributed by atoms with Gasteiger partial charge in [0.25, 0.3) is 0 Å². The Balaban J connectivity index is 2.82. The first-order valence-corrected chi connectivity index (χ1v) is 4.03. The summed E-state index contributed by atoms with van der Waals surface area (Å²) >= 11 is 1.84. The summed E-state index contributed by atoms with van der Waals surface area (Å²) in [6, 6.07) is 0. The van der Waals surface area contributed by atoms with Crippen molar-refractivity contribution < 1.29 is 4.79 Å². The first kappa shape index (κ1) is 8.46. The van der Waals surface area contributed by atoms with E-state index in [1.165, 1.54) is 12.7 Å². The third-order valence-electron chi connectivity index (χ3n) is 0.977. The lowest BCUT2D eigenvalue weighted by atomic mass is 10.00. The lowest BCUT2D eigenvalue weighted by Gasteiger charge is -1.89. The van der Waals surface area contributed by atoms with E-state index in [1.54, 1.807) is 0 Å². The molecule has 46 valence electrons. The molecule has 0 amide bonds. The topological polar surface area (TPSA) is 17.1 Å². The maximum Gasteiger partial charge on any atom is 0.192 e. The van der Waals surface area contributed by atoms with Crippen LogP contribution in [0.1, 0.15) is 19.3 Å². The molecule has 0 unspecified atom stereocenters. The van der Waals surface area contributed by atoms with E-state index < -0.39 is 0 Å². The molecule has 0 aliphatic rings. The molecule has 0 aromatic heterocycles. The minimum atomic E-state index is 0.288. The average Bonchev–Trinajstić information content (AvgIpc) is 1.66. The van der Waals surface area contributed by atoms with Crippen LogP contribution in [-0.4, -0.2) is 11.6 Å². The Hall–Kier alpha value is 0.465. The van der Waals surface area contributed by atoms with Crippen molar-refractivity contribution in [3.8, 4) is 0 Å². The van der Waals surface area contributed by atoms with Gasteiger partial charge in [0, 0.05) is 6.42 Å². The van der Waals surface area contributed by atoms with Gasteiger partial charge in [0.15, 0.2) is 3.79 Å². The monoisotopic (exact) mass is 224 g/mol. The van der Waals surface area contributed by atoms with Crippen molar-refractivity contribution in [1.29, 1.82) is 0 Å². The quantitative estimate of drug-likeness (QED) is 0.303. The summed E-state index contributed by atoms with van der Waals surface area (Å²) in [5.74, 6) is 0. The number of unbranched alkanes of at least 4 members (excludes halogenated alkanes) is 1. The van der Waals surface area contributed by atoms with Crippen molar-refractivity contribution in [1.82, 2.24) is 0 Å². The van der Waals surface area contributed by atoms with E-state index in [1.807, 2.05) is 22.6 Å². The normalized spacial score (nSPS) is 9.12. The van der Waals surface area contributed by atoms with Crippen LogP contribution in [-0.2, 0) is 4.79 Å². The molecule has 0 heterocycles. The van der Waals surface area contributed by atoms with Crippen LogP contribution in [0.4, 0.5) is 0 Å². The van der Waals surface area contributed by atoms with E-state index in [-0.39, 0.29) is 3.79 Å². The zero-order valence-electron chi connectivity index (χ0n) is 5.11. The maximum atomic E-state index is 10.3. The Bertz CT molecular complexity index is 74.8. The molecule has 0 aliphatic heterocycles. The molecule has 0 atom stereocenters. The van der Waals surface area contributed by atoms with Gasteiger partial charge < -0.3 is 0 Å². The summed E-state index contributed by atoms with van der Waals surface area (Å²) in [6.07, 6.45) is 4.21. The third kappa shape index (κ3) is 6.46. The van der Waals surface area contributed by atoms with Gasteiger partial charge in [0.2, 0.25) is 0 Å². The van der Waals surface area contributed by atoms with Crippen LogP contribution in [0.2, 0.25) is 6.32 Å². The fourth-order valence-electron chi connectivity index (χ4n) is 0.514. The SMILES string of the molecule is BCCCCC(=O)I. The van der Waals surface area contributed by atoms with E-state index in [0.717, 1.165) is 12.8 Å². The number of halogens is 1. The summed E-state index contributed by atoms with van der Waals surface area (Å²) < 4.78 is 0.288. The van der Waals surface area contributed by atoms with E-state index in [4.69, 9.17) is 0 Å². The van der Waals surface area contributed by atoms with Crippen molar-refractivity contribution in [3.63, 3.8) is 0 Å². The first-order chi connectivity index (χ1) is 3.77. The molecular weight excluding hydrogens is 214 g/mol. The molecule has 0 aliphatic carbocycles. The smallest absolute Gasteiger partial charge is 0.192 e. The molecule has 0 fully saturated rings. The maximum absolute atomic E-state index is 10.3. The molecule has 8 heavy (non-hydrogen) atoms. The Morgan fingerprint density at radius 2 is 2.12 bits per heavy atom. The van der Waals surface area contributed by atoms with E-state index in [0.29, 0.717) is 0 Å². The summed E-state index contributed by atoms with van der Waals surface area (Å²) in [7, 11) is 2.14. The molecule has 0 saturated heterocycles. The second-order valence-electron chi connectivity index (χ2n) is 1.81. The van der Waals surface area contributed by atoms with Crippen molar-refractivity contribution >= 4 is 34.2 Å². The molecule has 0 bridgehead atoms. The van der Waals surface area contributed by atoms with Crippen LogP contribution in [0.3, 0.4) is 0 Å². The van der Waals surface area contributed by atoms with Crippen LogP contribution in [0.15, 0.2) is 0 Å². The summed E-state index contributed by atoms with van der Waals surface area (Å²) in [5, 5.41) is 0. The molecule has 0 N–H and O–H groups in total. The molecule has 0 rings (SSSR count).